The number of nitriles is 1. The van der Waals surface area contributed by atoms with Gasteiger partial charge in [-0.2, -0.15) is 5.26 Å². The van der Waals surface area contributed by atoms with E-state index in [0.29, 0.717) is 10.6 Å². The van der Waals surface area contributed by atoms with Gasteiger partial charge in [-0.25, -0.2) is 0 Å². The normalized spacial score (nSPS) is 11.5. The van der Waals surface area contributed by atoms with E-state index in [1.807, 2.05) is 43.3 Å². The Hall–Kier alpha value is -2.18. The van der Waals surface area contributed by atoms with Crippen molar-refractivity contribution in [1.29, 1.82) is 5.26 Å². The molecule has 0 saturated carbocycles. The van der Waals surface area contributed by atoms with Crippen molar-refractivity contribution in [1.82, 2.24) is 0 Å². The van der Waals surface area contributed by atoms with Crippen LogP contribution in [0.25, 0.3) is 0 Å². The molecule has 102 valence electrons. The molecule has 2 aromatic rings. The average molecular weight is 287 g/mol. The quantitative estimate of drug-likeness (QED) is 0.906. The molecule has 3 nitrogen and oxygen atoms in total. The van der Waals surface area contributed by atoms with Gasteiger partial charge < -0.3 is 10.1 Å². The van der Waals surface area contributed by atoms with Crippen molar-refractivity contribution in [2.45, 2.75) is 13.0 Å². The first-order chi connectivity index (χ1) is 9.65. The second kappa shape index (κ2) is 6.31. The summed E-state index contributed by atoms with van der Waals surface area (Å²) >= 11 is 6.03. The van der Waals surface area contributed by atoms with Crippen LogP contribution in [-0.4, -0.2) is 7.11 Å². The Kier molecular flexibility index (Phi) is 4.49. The maximum Gasteiger partial charge on any atom is 0.124 e. The van der Waals surface area contributed by atoms with Gasteiger partial charge in [0.15, 0.2) is 0 Å². The first kappa shape index (κ1) is 14.2. The minimum Gasteiger partial charge on any atom is -0.496 e. The summed E-state index contributed by atoms with van der Waals surface area (Å²) in [6.45, 7) is 2.05. The van der Waals surface area contributed by atoms with Gasteiger partial charge >= 0.3 is 0 Å². The van der Waals surface area contributed by atoms with Crippen LogP contribution < -0.4 is 10.1 Å². The lowest BCUT2D eigenvalue weighted by Gasteiger charge is -2.18. The van der Waals surface area contributed by atoms with Crippen LogP contribution >= 0.6 is 11.6 Å². The molecule has 0 saturated heterocycles. The predicted octanol–water partition coefficient (Wildman–Crippen LogP) is 4.39. The van der Waals surface area contributed by atoms with E-state index in [0.717, 1.165) is 17.0 Å². The smallest absolute Gasteiger partial charge is 0.124 e. The topological polar surface area (TPSA) is 45.0 Å². The first-order valence-electron chi connectivity index (χ1n) is 6.25. The number of halogens is 1. The number of hydrogen-bond acceptors (Lipinski definition) is 3. The largest absolute Gasteiger partial charge is 0.496 e. The molecule has 0 aromatic heterocycles. The Labute approximate surface area is 123 Å². The molecule has 20 heavy (non-hydrogen) atoms. The van der Waals surface area contributed by atoms with Crippen molar-refractivity contribution in [3.05, 3.63) is 58.6 Å². The summed E-state index contributed by atoms with van der Waals surface area (Å²) in [7, 11) is 1.66. The Balaban J connectivity index is 2.21. The van der Waals surface area contributed by atoms with Crippen LogP contribution in [0.2, 0.25) is 5.02 Å². The van der Waals surface area contributed by atoms with Crippen LogP contribution in [0.3, 0.4) is 0 Å². The summed E-state index contributed by atoms with van der Waals surface area (Å²) < 4.78 is 5.36. The van der Waals surface area contributed by atoms with Crippen LogP contribution in [0.4, 0.5) is 5.69 Å². The summed E-state index contributed by atoms with van der Waals surface area (Å²) in [6.07, 6.45) is 0. The highest BCUT2D eigenvalue weighted by atomic mass is 35.5. The molecule has 2 rings (SSSR count). The Morgan fingerprint density at radius 2 is 2.00 bits per heavy atom. The predicted molar refractivity (Wildman–Crippen MR) is 81.2 cm³/mol. The van der Waals surface area contributed by atoms with Crippen molar-refractivity contribution in [3.63, 3.8) is 0 Å². The van der Waals surface area contributed by atoms with Gasteiger partial charge in [0.1, 0.15) is 11.8 Å². The SMILES string of the molecule is COc1ccccc1C(C)Nc1ccc(C#N)c(Cl)c1. The molecule has 0 heterocycles. The Morgan fingerprint density at radius 1 is 1.25 bits per heavy atom. The van der Waals surface area contributed by atoms with Crippen LogP contribution in [0.15, 0.2) is 42.5 Å². The molecular formula is C16H15ClN2O. The standard InChI is InChI=1S/C16H15ClN2O/c1-11(14-5-3-4-6-16(14)20-2)19-13-8-7-12(10-18)15(17)9-13/h3-9,11,19H,1-2H3. The zero-order valence-electron chi connectivity index (χ0n) is 11.4. The highest BCUT2D eigenvalue weighted by Gasteiger charge is 2.11. The molecule has 0 radical (unpaired) electrons. The number of benzene rings is 2. The zero-order valence-corrected chi connectivity index (χ0v) is 12.1. The summed E-state index contributed by atoms with van der Waals surface area (Å²) in [5.74, 6) is 0.840. The van der Waals surface area contributed by atoms with Crippen molar-refractivity contribution >= 4 is 17.3 Å². The van der Waals surface area contributed by atoms with Crippen LogP contribution in [0, 0.1) is 11.3 Å². The van der Waals surface area contributed by atoms with Gasteiger partial charge in [0.25, 0.3) is 0 Å². The fourth-order valence-electron chi connectivity index (χ4n) is 2.05. The van der Waals surface area contributed by atoms with Crippen LogP contribution in [-0.2, 0) is 0 Å². The molecule has 0 aliphatic heterocycles. The van der Waals surface area contributed by atoms with Gasteiger partial charge in [0.2, 0.25) is 0 Å². The maximum atomic E-state index is 8.87. The molecule has 0 bridgehead atoms. The number of ether oxygens (including phenoxy) is 1. The molecule has 1 atom stereocenters. The van der Waals surface area contributed by atoms with Gasteiger partial charge in [0, 0.05) is 11.3 Å². The lowest BCUT2D eigenvalue weighted by Crippen LogP contribution is -2.08. The van der Waals surface area contributed by atoms with Crippen molar-refractivity contribution in [2.75, 3.05) is 12.4 Å². The summed E-state index contributed by atoms with van der Waals surface area (Å²) in [4.78, 5) is 0. The van der Waals surface area contributed by atoms with E-state index in [4.69, 9.17) is 21.6 Å². The molecular weight excluding hydrogens is 272 g/mol. The maximum absolute atomic E-state index is 8.87. The second-order valence-corrected chi connectivity index (χ2v) is 4.82. The summed E-state index contributed by atoms with van der Waals surface area (Å²) in [5, 5.41) is 12.7. The van der Waals surface area contributed by atoms with Crippen LogP contribution in [0.5, 0.6) is 5.75 Å². The van der Waals surface area contributed by atoms with Crippen molar-refractivity contribution < 1.29 is 4.74 Å². The summed E-state index contributed by atoms with van der Waals surface area (Å²) in [6, 6.07) is 15.3. The Morgan fingerprint density at radius 3 is 2.65 bits per heavy atom. The van der Waals surface area contributed by atoms with E-state index in [2.05, 4.69) is 5.32 Å². The van der Waals surface area contributed by atoms with E-state index in [1.165, 1.54) is 0 Å². The van der Waals surface area contributed by atoms with E-state index < -0.39 is 0 Å². The van der Waals surface area contributed by atoms with Crippen molar-refractivity contribution in [3.8, 4) is 11.8 Å². The molecule has 4 heteroatoms. The van der Waals surface area contributed by atoms with Gasteiger partial charge in [-0.1, -0.05) is 29.8 Å². The van der Waals surface area contributed by atoms with Crippen LogP contribution in [0.1, 0.15) is 24.1 Å². The number of hydrogen-bond donors (Lipinski definition) is 1. The number of methoxy groups -OCH3 is 1. The van der Waals surface area contributed by atoms with Gasteiger partial charge in [-0.3, -0.25) is 0 Å². The third kappa shape index (κ3) is 3.04. The molecule has 0 amide bonds. The first-order valence-corrected chi connectivity index (χ1v) is 6.62. The third-order valence-corrected chi connectivity index (χ3v) is 3.39. The number of rotatable bonds is 4. The summed E-state index contributed by atoms with van der Waals surface area (Å²) in [5.41, 5.74) is 2.41. The number of nitrogens with zero attached hydrogens (tertiary/aromatic N) is 1. The second-order valence-electron chi connectivity index (χ2n) is 4.41. The highest BCUT2D eigenvalue weighted by molar-refractivity contribution is 6.32. The van der Waals surface area contributed by atoms with E-state index in [9.17, 15) is 0 Å². The molecule has 1 unspecified atom stereocenters. The van der Waals surface area contributed by atoms with Crippen molar-refractivity contribution in [2.24, 2.45) is 0 Å². The highest BCUT2D eigenvalue weighted by Crippen LogP contribution is 2.28. The number of nitrogens with one attached hydrogen (secondary N) is 1. The molecule has 0 fully saturated rings. The lowest BCUT2D eigenvalue weighted by molar-refractivity contribution is 0.408. The fourth-order valence-corrected chi connectivity index (χ4v) is 2.27. The number of para-hydroxylation sites is 1. The third-order valence-electron chi connectivity index (χ3n) is 3.08. The van der Waals surface area contributed by atoms with Gasteiger partial charge in [-0.05, 0) is 31.2 Å². The van der Waals surface area contributed by atoms with E-state index in [-0.39, 0.29) is 6.04 Å². The minimum absolute atomic E-state index is 0.0650. The molecule has 0 spiro atoms. The van der Waals surface area contributed by atoms with Gasteiger partial charge in [0.05, 0.1) is 23.7 Å². The minimum atomic E-state index is 0.0650. The monoisotopic (exact) mass is 286 g/mol. The molecule has 1 N–H and O–H groups in total. The zero-order chi connectivity index (χ0) is 14.5. The van der Waals surface area contributed by atoms with E-state index in [1.54, 1.807) is 19.2 Å². The fraction of sp³-hybridized carbons (Fsp3) is 0.188. The lowest BCUT2D eigenvalue weighted by atomic mass is 10.1. The van der Waals surface area contributed by atoms with Gasteiger partial charge in [-0.15, -0.1) is 0 Å². The molecule has 0 aliphatic carbocycles. The Bertz CT molecular complexity index is 649. The van der Waals surface area contributed by atoms with E-state index >= 15 is 0 Å². The number of anilines is 1. The average Bonchev–Trinajstić information content (AvgIpc) is 2.47. The molecule has 0 aliphatic rings. The molecule has 2 aromatic carbocycles.